The van der Waals surface area contributed by atoms with Crippen LogP contribution in [0.4, 0.5) is 0 Å². The summed E-state index contributed by atoms with van der Waals surface area (Å²) in [4.78, 5) is 68.3. The molecule has 8 rings (SSSR count). The van der Waals surface area contributed by atoms with Crippen LogP contribution < -0.4 is 0 Å². The fourth-order valence-electron chi connectivity index (χ4n) is 6.41. The van der Waals surface area contributed by atoms with Gasteiger partial charge in [-0.3, -0.25) is 24.1 Å². The third-order valence-electron chi connectivity index (χ3n) is 8.89. The smallest absolute Gasteiger partial charge is 0.246 e. The maximum Gasteiger partial charge on any atom is 0.246 e. The molecule has 2 unspecified atom stereocenters. The highest BCUT2D eigenvalue weighted by Crippen LogP contribution is 2.39. The molecule has 2 aliphatic carbocycles. The number of oxazole rings is 2. The van der Waals surface area contributed by atoms with Crippen molar-refractivity contribution in [2.24, 2.45) is 0 Å². The van der Waals surface area contributed by atoms with E-state index in [1.807, 2.05) is 29.0 Å². The Morgan fingerprint density at radius 3 is 1.35 bits per heavy atom. The SMILES string of the molecule is CN(C1CCN1C1=CC(=O)c2nc(-c3cc(Br)cc(Br)c3)oc2C1=O)C1CCN1C1=CC(=O)c2nc(-c3cc(Br)cc(Br)c3)oc2C1=O. The molecule has 0 radical (unpaired) electrons. The Morgan fingerprint density at radius 1 is 0.646 bits per heavy atom. The van der Waals surface area contributed by atoms with Crippen molar-refractivity contribution < 1.29 is 28.0 Å². The van der Waals surface area contributed by atoms with Crippen molar-refractivity contribution in [3.8, 4) is 22.9 Å². The second-order valence-corrected chi connectivity index (χ2v) is 15.4. The van der Waals surface area contributed by atoms with Gasteiger partial charge in [0.05, 0.1) is 23.7 Å². The molecule has 4 heterocycles. The standard InChI is InChI=1S/C33H21Br4N5O6/c1-40(24-2-4-41(24)20-12-22(43)26-30(28(20)45)47-32(38-26)14-6-16(34)10-17(35)7-14)25-3-5-42(25)21-13-23(44)27-31(29(21)46)48-33(39-27)15-8-18(36)11-19(37)9-15/h6-13,24-25H,2-5H2,1H3. The van der Waals surface area contributed by atoms with Crippen molar-refractivity contribution in [2.75, 3.05) is 20.1 Å². The molecule has 2 aliphatic heterocycles. The third kappa shape index (κ3) is 5.21. The van der Waals surface area contributed by atoms with E-state index in [2.05, 4.69) is 78.6 Å². The van der Waals surface area contributed by atoms with Crippen LogP contribution >= 0.6 is 63.7 Å². The lowest BCUT2D eigenvalue weighted by molar-refractivity contribution is -0.0904. The number of ketones is 4. The minimum Gasteiger partial charge on any atom is -0.432 e. The molecule has 15 heteroatoms. The van der Waals surface area contributed by atoms with Crippen molar-refractivity contribution in [1.29, 1.82) is 0 Å². The number of hydrogen-bond acceptors (Lipinski definition) is 11. The maximum atomic E-state index is 13.7. The summed E-state index contributed by atoms with van der Waals surface area (Å²) in [5, 5.41) is 0. The van der Waals surface area contributed by atoms with Gasteiger partial charge in [0.1, 0.15) is 0 Å². The van der Waals surface area contributed by atoms with E-state index in [4.69, 9.17) is 8.83 Å². The molecule has 11 nitrogen and oxygen atoms in total. The zero-order valence-electron chi connectivity index (χ0n) is 24.8. The van der Waals surface area contributed by atoms with Crippen molar-refractivity contribution in [1.82, 2.24) is 24.7 Å². The zero-order chi connectivity index (χ0) is 33.6. The highest BCUT2D eigenvalue weighted by Gasteiger charge is 2.47. The Bertz CT molecular complexity index is 2000. The number of carbonyl (C=O) groups is 4. The van der Waals surface area contributed by atoms with Gasteiger partial charge in [0.2, 0.25) is 46.4 Å². The van der Waals surface area contributed by atoms with E-state index < -0.39 is 23.1 Å². The van der Waals surface area contributed by atoms with E-state index in [-0.39, 0.29) is 58.4 Å². The summed E-state index contributed by atoms with van der Waals surface area (Å²) in [6.45, 7) is 1.11. The number of rotatable bonds is 6. The summed E-state index contributed by atoms with van der Waals surface area (Å²) in [5.74, 6) is -1.47. The molecule has 0 saturated carbocycles. The lowest BCUT2D eigenvalue weighted by atomic mass is 9.95. The first-order chi connectivity index (χ1) is 23.0. The van der Waals surface area contributed by atoms with Gasteiger partial charge in [0.15, 0.2) is 11.4 Å². The molecular formula is C33H21Br4N5O6. The van der Waals surface area contributed by atoms with Gasteiger partial charge in [-0.1, -0.05) is 63.7 Å². The minimum atomic E-state index is -0.414. The summed E-state index contributed by atoms with van der Waals surface area (Å²) < 4.78 is 14.9. The van der Waals surface area contributed by atoms with Crippen LogP contribution in [0.2, 0.25) is 0 Å². The lowest BCUT2D eigenvalue weighted by Crippen LogP contribution is -2.66. The summed E-state index contributed by atoms with van der Waals surface area (Å²) in [7, 11) is 1.91. The Balaban J connectivity index is 1.01. The van der Waals surface area contributed by atoms with Crippen molar-refractivity contribution in [3.05, 3.63) is 101 Å². The van der Waals surface area contributed by atoms with Crippen molar-refractivity contribution >= 4 is 86.9 Å². The van der Waals surface area contributed by atoms with Gasteiger partial charge in [-0.15, -0.1) is 0 Å². The molecule has 4 aromatic rings. The van der Waals surface area contributed by atoms with Crippen molar-refractivity contribution in [3.63, 3.8) is 0 Å². The quantitative estimate of drug-likeness (QED) is 0.194. The highest BCUT2D eigenvalue weighted by atomic mass is 79.9. The van der Waals surface area contributed by atoms with Gasteiger partial charge in [0, 0.05) is 54.3 Å². The molecule has 0 bridgehead atoms. The molecule has 2 aromatic carbocycles. The van der Waals surface area contributed by atoms with Crippen LogP contribution in [0.15, 0.2) is 86.7 Å². The number of fused-ring (bicyclic) bond motifs is 2. The Hall–Kier alpha value is -3.50. The number of allylic oxidation sites excluding steroid dienone is 4. The van der Waals surface area contributed by atoms with Crippen molar-refractivity contribution in [2.45, 2.75) is 25.2 Å². The number of aromatic nitrogens is 2. The Kier molecular flexibility index (Phi) is 7.82. The van der Waals surface area contributed by atoms with Crippen LogP contribution in [0, 0.1) is 0 Å². The predicted molar refractivity (Wildman–Crippen MR) is 186 cm³/mol. The van der Waals surface area contributed by atoms with E-state index in [0.29, 0.717) is 24.2 Å². The van der Waals surface area contributed by atoms with E-state index in [1.54, 1.807) is 24.3 Å². The first-order valence-corrected chi connectivity index (χ1v) is 18.0. The first-order valence-electron chi connectivity index (χ1n) is 14.8. The Labute approximate surface area is 306 Å². The molecule has 2 saturated heterocycles. The minimum absolute atomic E-state index is 0.0136. The summed E-state index contributed by atoms with van der Waals surface area (Å²) in [5.41, 5.74) is 1.67. The molecule has 242 valence electrons. The second-order valence-electron chi connectivity index (χ2n) is 11.7. The molecule has 2 atom stereocenters. The molecule has 2 aromatic heterocycles. The van der Waals surface area contributed by atoms with Gasteiger partial charge >= 0.3 is 0 Å². The van der Waals surface area contributed by atoms with Crippen LogP contribution in [0.5, 0.6) is 0 Å². The van der Waals surface area contributed by atoms with Gasteiger partial charge in [-0.2, -0.15) is 0 Å². The number of nitrogens with zero attached hydrogens (tertiary/aromatic N) is 5. The van der Waals surface area contributed by atoms with Gasteiger partial charge in [-0.05, 0) is 56.3 Å². The first kappa shape index (κ1) is 31.7. The van der Waals surface area contributed by atoms with Crippen LogP contribution in [-0.2, 0) is 0 Å². The number of hydrogen-bond donors (Lipinski definition) is 0. The maximum absolute atomic E-state index is 13.7. The fraction of sp³-hybridized carbons (Fsp3) is 0.212. The van der Waals surface area contributed by atoms with E-state index in [9.17, 15) is 19.2 Å². The van der Waals surface area contributed by atoms with Gasteiger partial charge in [0.25, 0.3) is 0 Å². The summed E-state index contributed by atoms with van der Waals surface area (Å²) in [6.07, 6.45) is 3.63. The van der Waals surface area contributed by atoms with E-state index >= 15 is 0 Å². The summed E-state index contributed by atoms with van der Waals surface area (Å²) in [6, 6.07) is 10.9. The number of Topliss-reactive ketones (excluding diaryl/α,β-unsaturated/α-hetero) is 2. The number of likely N-dealkylation sites (tertiary alicyclic amines) is 2. The Morgan fingerprint density at radius 2 is 1.02 bits per heavy atom. The monoisotopic (exact) mass is 899 g/mol. The zero-order valence-corrected chi connectivity index (χ0v) is 31.1. The molecule has 2 fully saturated rings. The molecule has 0 spiro atoms. The number of benzene rings is 2. The lowest BCUT2D eigenvalue weighted by Gasteiger charge is -2.56. The predicted octanol–water partition coefficient (Wildman–Crippen LogP) is 7.27. The normalized spacial score (nSPS) is 20.4. The van der Waals surface area contributed by atoms with E-state index in [1.165, 1.54) is 12.2 Å². The van der Waals surface area contributed by atoms with Gasteiger partial charge < -0.3 is 18.6 Å². The van der Waals surface area contributed by atoms with Gasteiger partial charge in [-0.25, -0.2) is 9.97 Å². The van der Waals surface area contributed by atoms with Crippen LogP contribution in [0.3, 0.4) is 0 Å². The second kappa shape index (κ2) is 11.8. The van der Waals surface area contributed by atoms with E-state index in [0.717, 1.165) is 30.7 Å². The van der Waals surface area contributed by atoms with Crippen LogP contribution in [-0.4, -0.2) is 80.3 Å². The number of carbonyl (C=O) groups excluding carboxylic acids is 4. The third-order valence-corrected chi connectivity index (χ3v) is 10.7. The molecule has 4 aliphatic rings. The molecule has 0 N–H and O–H groups in total. The molecule has 0 amide bonds. The molecule has 48 heavy (non-hydrogen) atoms. The topological polar surface area (TPSA) is 130 Å². The number of halogens is 4. The highest BCUT2D eigenvalue weighted by molar-refractivity contribution is 9.11. The largest absolute Gasteiger partial charge is 0.432 e. The van der Waals surface area contributed by atoms with Crippen LogP contribution in [0.25, 0.3) is 22.9 Å². The van der Waals surface area contributed by atoms with Crippen LogP contribution in [0.1, 0.15) is 54.9 Å². The average Bonchev–Trinajstić information content (AvgIpc) is 3.63. The average molecular weight is 903 g/mol. The molecular weight excluding hydrogens is 882 g/mol. The summed E-state index contributed by atoms with van der Waals surface area (Å²) >= 11 is 13.8. The fourth-order valence-corrected chi connectivity index (χ4v) is 9.00.